The van der Waals surface area contributed by atoms with Crippen LogP contribution in [0.25, 0.3) is 11.0 Å². The number of aldehydes is 1. The van der Waals surface area contributed by atoms with E-state index in [1.807, 2.05) is 12.1 Å². The maximum atomic E-state index is 11.8. The van der Waals surface area contributed by atoms with Gasteiger partial charge >= 0.3 is 0 Å². The van der Waals surface area contributed by atoms with Crippen LogP contribution in [0.4, 0.5) is 0 Å². The van der Waals surface area contributed by atoms with Crippen LogP contribution in [0.2, 0.25) is 0 Å². The fourth-order valence-electron chi connectivity index (χ4n) is 7.67. The van der Waals surface area contributed by atoms with Crippen molar-refractivity contribution < 1.29 is 4.79 Å². The Balaban J connectivity index is 1.30. The predicted octanol–water partition coefficient (Wildman–Crippen LogP) is 5.38. The molecule has 2 saturated carbocycles. The van der Waals surface area contributed by atoms with Gasteiger partial charge in [-0.05, 0) is 68.9 Å². The number of carbonyl (C=O) groups excluding carboxylic acids is 1. The molecular formula is C25H33N3O. The van der Waals surface area contributed by atoms with Gasteiger partial charge < -0.3 is 4.57 Å². The minimum atomic E-state index is 0.414. The third kappa shape index (κ3) is 3.06. The summed E-state index contributed by atoms with van der Waals surface area (Å²) in [5.74, 6) is 2.60. The van der Waals surface area contributed by atoms with Gasteiger partial charge in [-0.2, -0.15) is 0 Å². The molecule has 0 N–H and O–H groups in total. The lowest BCUT2D eigenvalue weighted by Gasteiger charge is -2.55. The number of benzene rings is 1. The van der Waals surface area contributed by atoms with Crippen molar-refractivity contribution in [3.8, 4) is 0 Å². The maximum Gasteiger partial charge on any atom is 0.185 e. The monoisotopic (exact) mass is 391 g/mol. The number of carbonyl (C=O) groups is 1. The molecule has 1 aromatic carbocycles. The molecule has 6 rings (SSSR count). The van der Waals surface area contributed by atoms with E-state index in [0.29, 0.717) is 23.9 Å². The minimum Gasteiger partial charge on any atom is -0.318 e. The van der Waals surface area contributed by atoms with Crippen LogP contribution >= 0.6 is 0 Å². The van der Waals surface area contributed by atoms with E-state index in [1.165, 1.54) is 70.6 Å². The quantitative estimate of drug-likeness (QED) is 0.660. The molecule has 2 aromatic rings. The van der Waals surface area contributed by atoms with Gasteiger partial charge in [-0.1, -0.05) is 37.8 Å². The summed E-state index contributed by atoms with van der Waals surface area (Å²) in [5.41, 5.74) is 2.10. The molecule has 0 amide bonds. The van der Waals surface area contributed by atoms with Crippen molar-refractivity contribution in [3.63, 3.8) is 0 Å². The predicted molar refractivity (Wildman–Crippen MR) is 115 cm³/mol. The number of rotatable bonds is 3. The van der Waals surface area contributed by atoms with E-state index in [2.05, 4.69) is 26.6 Å². The Labute approximate surface area is 173 Å². The van der Waals surface area contributed by atoms with Gasteiger partial charge in [0.2, 0.25) is 0 Å². The second-order valence-corrected chi connectivity index (χ2v) is 10.3. The molecule has 1 aromatic heterocycles. The Hall–Kier alpha value is -1.68. The highest BCUT2D eigenvalue weighted by Gasteiger charge is 2.45. The van der Waals surface area contributed by atoms with Crippen molar-refractivity contribution in [1.29, 1.82) is 0 Å². The molecule has 29 heavy (non-hydrogen) atoms. The molecule has 4 nitrogen and oxygen atoms in total. The summed E-state index contributed by atoms with van der Waals surface area (Å²) in [5, 5.41) is 0. The lowest BCUT2D eigenvalue weighted by molar-refractivity contribution is -0.0483. The van der Waals surface area contributed by atoms with Crippen molar-refractivity contribution >= 4 is 17.3 Å². The fourth-order valence-corrected chi connectivity index (χ4v) is 7.67. The average molecular weight is 392 g/mol. The zero-order valence-corrected chi connectivity index (χ0v) is 17.4. The molecule has 4 aliphatic rings. The first-order chi connectivity index (χ1) is 14.3. The molecule has 154 valence electrons. The fraction of sp³-hybridized carbons (Fsp3) is 0.680. The Morgan fingerprint density at radius 1 is 0.793 bits per heavy atom. The second-order valence-electron chi connectivity index (χ2n) is 10.3. The first-order valence-corrected chi connectivity index (χ1v) is 12.0. The maximum absolute atomic E-state index is 11.8. The molecule has 2 aliphatic heterocycles. The molecule has 0 radical (unpaired) electrons. The van der Waals surface area contributed by atoms with Crippen LogP contribution in [0, 0.1) is 11.8 Å². The molecule has 1 unspecified atom stereocenters. The summed E-state index contributed by atoms with van der Waals surface area (Å²) in [6.45, 7) is 0. The minimum absolute atomic E-state index is 0.414. The van der Waals surface area contributed by atoms with Crippen LogP contribution in [0.5, 0.6) is 0 Å². The SMILES string of the molecule is O=Cc1nc2ccccc2n1C1C[C@H]2CCC[C@@H](C1)N2[C@H]1C[C@@H]2CCC[C@@H](C2)C1. The van der Waals surface area contributed by atoms with E-state index in [-0.39, 0.29) is 0 Å². The van der Waals surface area contributed by atoms with E-state index in [9.17, 15) is 4.79 Å². The topological polar surface area (TPSA) is 38.1 Å². The van der Waals surface area contributed by atoms with Gasteiger partial charge in [0.1, 0.15) is 0 Å². The Morgan fingerprint density at radius 3 is 2.21 bits per heavy atom. The van der Waals surface area contributed by atoms with Crippen molar-refractivity contribution in [1.82, 2.24) is 14.5 Å². The normalized spacial score (nSPS) is 37.5. The highest BCUT2D eigenvalue weighted by molar-refractivity contribution is 5.83. The second kappa shape index (κ2) is 7.23. The number of para-hydroxylation sites is 2. The third-order valence-corrected chi connectivity index (χ3v) is 8.62. The van der Waals surface area contributed by atoms with Crippen molar-refractivity contribution in [2.45, 2.75) is 94.8 Å². The zero-order chi connectivity index (χ0) is 19.4. The Bertz CT molecular complexity index is 879. The molecule has 4 heteroatoms. The van der Waals surface area contributed by atoms with Gasteiger partial charge in [-0.3, -0.25) is 9.69 Å². The van der Waals surface area contributed by atoms with E-state index in [0.717, 1.165) is 35.2 Å². The number of nitrogens with zero attached hydrogens (tertiary/aromatic N) is 3. The van der Waals surface area contributed by atoms with Crippen LogP contribution in [0.15, 0.2) is 24.3 Å². The van der Waals surface area contributed by atoms with E-state index < -0.39 is 0 Å². The van der Waals surface area contributed by atoms with Crippen molar-refractivity contribution in [3.05, 3.63) is 30.1 Å². The molecule has 4 fully saturated rings. The molecule has 3 heterocycles. The van der Waals surface area contributed by atoms with E-state index in [1.54, 1.807) is 0 Å². The number of imidazole rings is 1. The van der Waals surface area contributed by atoms with Crippen LogP contribution in [0.3, 0.4) is 0 Å². The van der Waals surface area contributed by atoms with Gasteiger partial charge in [0.05, 0.1) is 11.0 Å². The molecule has 6 atom stereocenters. The average Bonchev–Trinajstić information content (AvgIpc) is 3.11. The van der Waals surface area contributed by atoms with Crippen LogP contribution in [-0.2, 0) is 0 Å². The summed E-state index contributed by atoms with van der Waals surface area (Å²) in [6.07, 6.45) is 16.2. The lowest BCUT2D eigenvalue weighted by Crippen LogP contribution is -2.58. The summed E-state index contributed by atoms with van der Waals surface area (Å²) in [4.78, 5) is 19.4. The summed E-state index contributed by atoms with van der Waals surface area (Å²) < 4.78 is 2.28. The van der Waals surface area contributed by atoms with Crippen molar-refractivity contribution in [2.75, 3.05) is 0 Å². The van der Waals surface area contributed by atoms with Gasteiger partial charge in [-0.25, -0.2) is 4.98 Å². The number of fused-ring (bicyclic) bond motifs is 5. The Morgan fingerprint density at radius 2 is 1.48 bits per heavy atom. The largest absolute Gasteiger partial charge is 0.318 e. The highest BCUT2D eigenvalue weighted by atomic mass is 16.1. The standard InChI is InChI=1S/C25H33N3O/c29-16-25-26-23-9-1-2-10-24(23)28(25)22-14-19-7-4-8-20(15-22)27(19)21-12-17-5-3-6-18(11-17)13-21/h1-2,9-10,16-22H,3-8,11-15H2/t17-,18+,19-,20+,21+,22?. The molecular weight excluding hydrogens is 358 g/mol. The lowest BCUT2D eigenvalue weighted by atomic mass is 9.68. The number of hydrogen-bond donors (Lipinski definition) is 0. The highest BCUT2D eigenvalue weighted by Crippen LogP contribution is 2.47. The summed E-state index contributed by atoms with van der Waals surface area (Å²) in [6, 6.07) is 10.9. The van der Waals surface area contributed by atoms with Crippen molar-refractivity contribution in [2.24, 2.45) is 11.8 Å². The molecule has 4 bridgehead atoms. The van der Waals surface area contributed by atoms with Crippen LogP contribution < -0.4 is 0 Å². The van der Waals surface area contributed by atoms with Gasteiger partial charge in [0.15, 0.2) is 12.1 Å². The Kier molecular flexibility index (Phi) is 4.52. The number of aromatic nitrogens is 2. The first kappa shape index (κ1) is 18.1. The first-order valence-electron chi connectivity index (χ1n) is 12.0. The molecule has 0 spiro atoms. The van der Waals surface area contributed by atoms with Crippen LogP contribution in [-0.4, -0.2) is 38.9 Å². The number of hydrogen-bond acceptors (Lipinski definition) is 3. The van der Waals surface area contributed by atoms with E-state index in [4.69, 9.17) is 0 Å². The zero-order valence-electron chi connectivity index (χ0n) is 17.4. The molecule has 2 saturated heterocycles. The summed E-state index contributed by atoms with van der Waals surface area (Å²) in [7, 11) is 0. The van der Waals surface area contributed by atoms with Gasteiger partial charge in [0, 0.05) is 24.2 Å². The van der Waals surface area contributed by atoms with Gasteiger partial charge in [0.25, 0.3) is 0 Å². The summed E-state index contributed by atoms with van der Waals surface area (Å²) >= 11 is 0. The smallest absolute Gasteiger partial charge is 0.185 e. The molecule has 2 aliphatic carbocycles. The number of piperidine rings is 2. The third-order valence-electron chi connectivity index (χ3n) is 8.62. The van der Waals surface area contributed by atoms with Crippen LogP contribution in [0.1, 0.15) is 87.3 Å². The van der Waals surface area contributed by atoms with E-state index >= 15 is 0 Å². The van der Waals surface area contributed by atoms with Gasteiger partial charge in [-0.15, -0.1) is 0 Å².